The summed E-state index contributed by atoms with van der Waals surface area (Å²) in [6.45, 7) is 3.24. The van der Waals surface area contributed by atoms with Gasteiger partial charge in [-0.1, -0.05) is 39.0 Å². The van der Waals surface area contributed by atoms with E-state index in [1.807, 2.05) is 21.1 Å². The summed E-state index contributed by atoms with van der Waals surface area (Å²) in [6, 6.07) is 6.62. The van der Waals surface area contributed by atoms with Gasteiger partial charge in [0.25, 0.3) is 0 Å². The van der Waals surface area contributed by atoms with E-state index in [1.54, 1.807) is 24.3 Å². The lowest BCUT2D eigenvalue weighted by atomic mass is 10.1. The predicted octanol–water partition coefficient (Wildman–Crippen LogP) is 2.62. The maximum Gasteiger partial charge on any atom is 0.341 e. The highest BCUT2D eigenvalue weighted by Gasteiger charge is 2.18. The van der Waals surface area contributed by atoms with Gasteiger partial charge in [-0.05, 0) is 30.7 Å². The Hall–Kier alpha value is -2.13. The summed E-state index contributed by atoms with van der Waals surface area (Å²) >= 11 is 0. The molecule has 0 amide bonds. The Kier molecular flexibility index (Phi) is 11.6. The second kappa shape index (κ2) is 13.3. The summed E-state index contributed by atoms with van der Waals surface area (Å²) in [5.41, 5.74) is 0.354. The summed E-state index contributed by atoms with van der Waals surface area (Å²) in [4.78, 5) is 10.9. The van der Waals surface area contributed by atoms with Crippen LogP contribution in [0, 0.1) is 5.92 Å². The molecule has 1 aromatic rings. The molecule has 0 aliphatic carbocycles. The van der Waals surface area contributed by atoms with Crippen molar-refractivity contribution in [3.05, 3.63) is 24.3 Å². The zero-order valence-electron chi connectivity index (χ0n) is 19.2. The number of carbonyl (C=O) groups is 1. The van der Waals surface area contributed by atoms with Crippen molar-refractivity contribution in [1.82, 2.24) is 0 Å². The number of benzene rings is 1. The van der Waals surface area contributed by atoms with Gasteiger partial charge in [-0.2, -0.15) is 12.8 Å². The summed E-state index contributed by atoms with van der Waals surface area (Å²) in [6.07, 6.45) is 7.99. The number of carbonyl (C=O) groups excluding carboxylic acids is 1. The van der Waals surface area contributed by atoms with Crippen LogP contribution in [0.2, 0.25) is 0 Å². The molecule has 0 saturated heterocycles. The van der Waals surface area contributed by atoms with E-state index in [1.165, 1.54) is 31.9 Å². The fourth-order valence-corrected chi connectivity index (χ4v) is 3.93. The van der Waals surface area contributed by atoms with Crippen molar-refractivity contribution in [3.8, 4) is 5.75 Å². The van der Waals surface area contributed by atoms with Crippen molar-refractivity contribution >= 4 is 28.1 Å². The van der Waals surface area contributed by atoms with Gasteiger partial charge in [0.15, 0.2) is 0 Å². The zero-order valence-corrected chi connectivity index (χ0v) is 20.0. The van der Waals surface area contributed by atoms with Gasteiger partial charge in [0.05, 0.1) is 40.0 Å². The van der Waals surface area contributed by atoms with E-state index >= 15 is 0 Å². The molecule has 1 atom stereocenters. The van der Waals surface area contributed by atoms with E-state index in [9.17, 15) is 18.3 Å². The number of hydrogen-bond acceptors (Lipinski definition) is 5. The lowest BCUT2D eigenvalue weighted by molar-refractivity contribution is -0.872. The predicted molar refractivity (Wildman–Crippen MR) is 122 cm³/mol. The number of aliphatic carboxylic acids is 1. The summed E-state index contributed by atoms with van der Waals surface area (Å²) in [5.74, 6) is -1.12. The largest absolute Gasteiger partial charge is 0.550 e. The maximum absolute atomic E-state index is 12.3. The Morgan fingerprint density at radius 3 is 2.32 bits per heavy atom. The number of nitrogens with zero attached hydrogens (tertiary/aromatic N) is 2. The third-order valence-electron chi connectivity index (χ3n) is 4.49. The highest BCUT2D eigenvalue weighted by molar-refractivity contribution is 7.91. The Balaban J connectivity index is 2.56. The van der Waals surface area contributed by atoms with Gasteiger partial charge in [-0.25, -0.2) is 0 Å². The van der Waals surface area contributed by atoms with E-state index in [0.717, 1.165) is 12.8 Å². The van der Waals surface area contributed by atoms with Crippen LogP contribution in [-0.2, 0) is 15.0 Å². The van der Waals surface area contributed by atoms with Crippen LogP contribution in [0.15, 0.2) is 28.7 Å². The molecule has 31 heavy (non-hydrogen) atoms. The number of nitrogens with one attached hydrogen (secondary N) is 1. The van der Waals surface area contributed by atoms with Crippen LogP contribution in [0.5, 0.6) is 5.75 Å². The number of unbranched alkanes of at least 4 members (excludes halogenated alkanes) is 5. The van der Waals surface area contributed by atoms with Gasteiger partial charge in [0, 0.05) is 24.5 Å². The van der Waals surface area contributed by atoms with Crippen LogP contribution in [0.1, 0.15) is 51.9 Å². The van der Waals surface area contributed by atoms with Crippen molar-refractivity contribution in [2.24, 2.45) is 10.3 Å². The van der Waals surface area contributed by atoms with E-state index in [0.29, 0.717) is 29.1 Å². The van der Waals surface area contributed by atoms with E-state index in [2.05, 4.69) is 16.0 Å². The van der Waals surface area contributed by atoms with Crippen molar-refractivity contribution in [2.45, 2.75) is 51.9 Å². The Morgan fingerprint density at radius 2 is 1.74 bits per heavy atom. The molecule has 8 nitrogen and oxygen atoms in total. The molecule has 0 fully saturated rings. The Bertz CT molecular complexity index is 786. The van der Waals surface area contributed by atoms with Crippen LogP contribution in [-0.4, -0.2) is 59.4 Å². The molecular formula is C22H37N3O5S. The van der Waals surface area contributed by atoms with Gasteiger partial charge < -0.3 is 19.1 Å². The van der Waals surface area contributed by atoms with Crippen molar-refractivity contribution in [2.75, 3.05) is 39.0 Å². The van der Waals surface area contributed by atoms with Crippen molar-refractivity contribution in [3.63, 3.8) is 0 Å². The molecule has 0 aromatic heterocycles. The molecule has 1 unspecified atom stereocenters. The second-order valence-electron chi connectivity index (χ2n) is 8.78. The van der Waals surface area contributed by atoms with Crippen LogP contribution in [0.4, 0.5) is 5.69 Å². The molecule has 1 N–H and O–H groups in total. The van der Waals surface area contributed by atoms with E-state index in [4.69, 9.17) is 4.74 Å². The number of anilines is 1. The van der Waals surface area contributed by atoms with Gasteiger partial charge in [-0.15, -0.1) is 0 Å². The highest BCUT2D eigenvalue weighted by atomic mass is 32.2. The maximum atomic E-state index is 12.3. The van der Waals surface area contributed by atoms with Crippen molar-refractivity contribution < 1.29 is 27.5 Å². The van der Waals surface area contributed by atoms with Gasteiger partial charge in [0.1, 0.15) is 5.75 Å². The SMILES string of the molecule is CCCCCCCCOc1ccc(NS(=O)(=O)N=CC(CC(=O)[O-])C[N+](C)(C)C)cc1. The molecule has 1 rings (SSSR count). The summed E-state index contributed by atoms with van der Waals surface area (Å²) < 4.78 is 36.6. The minimum atomic E-state index is -4.01. The normalized spacial score (nSPS) is 13.3. The van der Waals surface area contributed by atoms with Crippen LogP contribution in [0.25, 0.3) is 0 Å². The van der Waals surface area contributed by atoms with Gasteiger partial charge in [0.2, 0.25) is 0 Å². The number of carboxylic acid groups (broad SMARTS) is 1. The molecule has 0 aliphatic rings. The third-order valence-corrected chi connectivity index (χ3v) is 5.38. The van der Waals surface area contributed by atoms with Gasteiger partial charge in [-0.3, -0.25) is 4.72 Å². The van der Waals surface area contributed by atoms with E-state index in [-0.39, 0.29) is 6.42 Å². The molecule has 1 aromatic carbocycles. The molecule has 176 valence electrons. The molecule has 0 bridgehead atoms. The summed E-state index contributed by atoms with van der Waals surface area (Å²) in [5, 5.41) is 10.9. The first-order chi connectivity index (χ1) is 14.5. The fraction of sp³-hybridized carbons (Fsp3) is 0.636. The summed E-state index contributed by atoms with van der Waals surface area (Å²) in [7, 11) is 1.66. The number of hydrogen-bond donors (Lipinski definition) is 1. The number of quaternary nitrogens is 1. The molecule has 0 radical (unpaired) electrons. The Morgan fingerprint density at radius 1 is 1.13 bits per heavy atom. The van der Waals surface area contributed by atoms with Gasteiger partial charge >= 0.3 is 10.2 Å². The second-order valence-corrected chi connectivity index (χ2v) is 10.1. The first-order valence-corrected chi connectivity index (χ1v) is 12.3. The molecule has 0 spiro atoms. The third kappa shape index (κ3) is 13.7. The average Bonchev–Trinajstić information content (AvgIpc) is 2.65. The smallest absolute Gasteiger partial charge is 0.341 e. The van der Waals surface area contributed by atoms with Crippen LogP contribution < -0.4 is 14.6 Å². The molecular weight excluding hydrogens is 418 g/mol. The molecule has 9 heteroatoms. The zero-order chi connectivity index (χ0) is 23.3. The topological polar surface area (TPSA) is 108 Å². The minimum Gasteiger partial charge on any atom is -0.550 e. The minimum absolute atomic E-state index is 0.292. The fourth-order valence-electron chi connectivity index (χ4n) is 3.12. The number of rotatable bonds is 16. The average molecular weight is 456 g/mol. The van der Waals surface area contributed by atoms with Crippen LogP contribution in [0.3, 0.4) is 0 Å². The number of ether oxygens (including phenoxy) is 1. The monoisotopic (exact) mass is 455 g/mol. The lowest BCUT2D eigenvalue weighted by Crippen LogP contribution is -2.41. The number of carboxylic acids is 1. The quantitative estimate of drug-likeness (QED) is 0.234. The van der Waals surface area contributed by atoms with Crippen LogP contribution >= 0.6 is 0 Å². The first-order valence-electron chi connectivity index (χ1n) is 10.8. The molecule has 0 saturated carbocycles. The van der Waals surface area contributed by atoms with Crippen molar-refractivity contribution in [1.29, 1.82) is 0 Å². The molecule has 0 heterocycles. The highest BCUT2D eigenvalue weighted by Crippen LogP contribution is 2.18. The first kappa shape index (κ1) is 26.9. The molecule has 0 aliphatic heterocycles. The lowest BCUT2D eigenvalue weighted by Gasteiger charge is -2.27. The Labute approximate surface area is 187 Å². The standard InChI is InChI=1S/C22H37N3O5S/c1-5-6-7-8-9-10-15-30-21-13-11-20(12-14-21)24-31(28,29)23-17-19(16-22(26)27)18-25(2,3)4/h11-14,17,19,24H,5-10,15-16,18H2,1-4H3. The van der Waals surface area contributed by atoms with E-state index < -0.39 is 22.1 Å².